The summed E-state index contributed by atoms with van der Waals surface area (Å²) in [5, 5.41) is 3.47. The number of hydrogen-bond donors (Lipinski definition) is 0. The fraction of sp³-hybridized carbons (Fsp3) is 0.0870. The molecule has 0 radical (unpaired) electrons. The molecule has 1 atom stereocenters. The lowest BCUT2D eigenvalue weighted by atomic mass is 10.4. The molecule has 0 amide bonds. The van der Waals surface area contributed by atoms with Gasteiger partial charge in [0.2, 0.25) is 5.85 Å². The number of carbonyl (C=O) groups excluding carboxylic acids is 1. The zero-order valence-electron chi connectivity index (χ0n) is 14.8. The lowest BCUT2D eigenvalue weighted by Gasteiger charge is -2.32. The van der Waals surface area contributed by atoms with Crippen LogP contribution in [-0.2, 0) is 9.53 Å². The quantitative estimate of drug-likeness (QED) is 0.376. The fourth-order valence-corrected chi connectivity index (χ4v) is 7.66. The summed E-state index contributed by atoms with van der Waals surface area (Å²) >= 11 is 0. The van der Waals surface area contributed by atoms with Crippen LogP contribution in [0.15, 0.2) is 104 Å². The Morgan fingerprint density at radius 3 is 1.42 bits per heavy atom. The second-order valence-electron chi connectivity index (χ2n) is 5.97. The van der Waals surface area contributed by atoms with Gasteiger partial charge >= 0.3 is 5.97 Å². The Morgan fingerprint density at radius 2 is 1.15 bits per heavy atom. The van der Waals surface area contributed by atoms with Crippen molar-refractivity contribution >= 4 is 29.1 Å². The van der Waals surface area contributed by atoms with Crippen molar-refractivity contribution in [3.8, 4) is 0 Å². The number of rotatable bonds is 6. The molecule has 3 heteroatoms. The van der Waals surface area contributed by atoms with E-state index in [9.17, 15) is 4.79 Å². The zero-order chi connectivity index (χ0) is 18.4. The first kappa shape index (κ1) is 18.1. The van der Waals surface area contributed by atoms with Crippen molar-refractivity contribution in [2.75, 3.05) is 0 Å². The molecule has 0 aliphatic heterocycles. The van der Waals surface area contributed by atoms with Gasteiger partial charge in [-0.1, -0.05) is 61.2 Å². The van der Waals surface area contributed by atoms with Gasteiger partial charge in [0.05, 0.1) is 0 Å². The van der Waals surface area contributed by atoms with Crippen molar-refractivity contribution in [2.24, 2.45) is 0 Å². The van der Waals surface area contributed by atoms with Crippen LogP contribution in [0.3, 0.4) is 0 Å². The molecule has 0 aliphatic carbocycles. The Bertz CT molecular complexity index is 764. The molecular weight excluding hydrogens is 339 g/mol. The molecule has 0 bridgehead atoms. The van der Waals surface area contributed by atoms with Gasteiger partial charge in [0.15, 0.2) is 7.26 Å². The molecule has 1 unspecified atom stereocenters. The average Bonchev–Trinajstić information content (AvgIpc) is 2.70. The maximum Gasteiger partial charge on any atom is 0.306 e. The SMILES string of the molecule is C=CC(OC(C)=O)[P+](c1ccccc1)(c1ccccc1)c1ccccc1. The Hall–Kier alpha value is -2.70. The second kappa shape index (κ2) is 8.12. The summed E-state index contributed by atoms with van der Waals surface area (Å²) in [6.07, 6.45) is 1.77. The van der Waals surface area contributed by atoms with Gasteiger partial charge in [0.25, 0.3) is 0 Å². The van der Waals surface area contributed by atoms with Crippen LogP contribution in [-0.4, -0.2) is 11.8 Å². The second-order valence-corrected chi connectivity index (χ2v) is 9.47. The molecule has 0 heterocycles. The van der Waals surface area contributed by atoms with E-state index in [1.54, 1.807) is 6.08 Å². The fourth-order valence-electron chi connectivity index (χ4n) is 3.33. The Labute approximate surface area is 155 Å². The van der Waals surface area contributed by atoms with Gasteiger partial charge in [0.1, 0.15) is 15.9 Å². The topological polar surface area (TPSA) is 26.3 Å². The Balaban J connectivity index is 2.38. The number of hydrogen-bond acceptors (Lipinski definition) is 2. The number of carbonyl (C=O) groups is 1. The number of ether oxygens (including phenoxy) is 1. The van der Waals surface area contributed by atoms with E-state index < -0.39 is 13.1 Å². The highest BCUT2D eigenvalue weighted by atomic mass is 31.2. The van der Waals surface area contributed by atoms with E-state index in [4.69, 9.17) is 4.74 Å². The standard InChI is InChI=1S/C23H22O2P/c1-3-23(25-19(2)24)26(20-13-7-4-8-14-20,21-15-9-5-10-16-21)22-17-11-6-12-18-22/h3-18,23H,1H2,2H3/q+1. The monoisotopic (exact) mass is 361 g/mol. The maximum atomic E-state index is 11.9. The number of esters is 1. The van der Waals surface area contributed by atoms with Gasteiger partial charge in [-0.05, 0) is 42.5 Å². The molecular formula is C23H22O2P+. The molecule has 2 nitrogen and oxygen atoms in total. The molecule has 26 heavy (non-hydrogen) atoms. The van der Waals surface area contributed by atoms with Gasteiger partial charge in [-0.2, -0.15) is 0 Å². The Morgan fingerprint density at radius 1 is 0.808 bits per heavy atom. The molecule has 0 spiro atoms. The van der Waals surface area contributed by atoms with Crippen molar-refractivity contribution in [2.45, 2.75) is 12.8 Å². The largest absolute Gasteiger partial charge is 0.423 e. The van der Waals surface area contributed by atoms with Crippen molar-refractivity contribution in [3.63, 3.8) is 0 Å². The van der Waals surface area contributed by atoms with Crippen LogP contribution in [0, 0.1) is 0 Å². The van der Waals surface area contributed by atoms with Crippen LogP contribution in [0.4, 0.5) is 0 Å². The van der Waals surface area contributed by atoms with Crippen LogP contribution in [0.2, 0.25) is 0 Å². The minimum absolute atomic E-state index is 0.304. The smallest absolute Gasteiger partial charge is 0.306 e. The van der Waals surface area contributed by atoms with E-state index in [-0.39, 0.29) is 5.97 Å². The summed E-state index contributed by atoms with van der Waals surface area (Å²) < 4.78 is 5.82. The third kappa shape index (κ3) is 3.34. The zero-order valence-corrected chi connectivity index (χ0v) is 15.7. The molecule has 0 fully saturated rings. The predicted octanol–water partition coefficient (Wildman–Crippen LogP) is 4.06. The molecule has 3 aromatic rings. The van der Waals surface area contributed by atoms with Gasteiger partial charge in [-0.25, -0.2) is 0 Å². The third-order valence-corrected chi connectivity index (χ3v) is 8.78. The summed E-state index contributed by atoms with van der Waals surface area (Å²) in [6.45, 7) is 5.46. The summed E-state index contributed by atoms with van der Waals surface area (Å²) in [6, 6.07) is 30.9. The van der Waals surface area contributed by atoms with Crippen LogP contribution in [0.25, 0.3) is 0 Å². The summed E-state index contributed by atoms with van der Waals surface area (Å²) in [5.41, 5.74) is 0. The summed E-state index contributed by atoms with van der Waals surface area (Å²) in [5.74, 6) is -0.741. The molecule has 3 rings (SSSR count). The van der Waals surface area contributed by atoms with Crippen LogP contribution in [0.1, 0.15) is 6.92 Å². The van der Waals surface area contributed by atoms with Gasteiger partial charge in [0, 0.05) is 6.92 Å². The van der Waals surface area contributed by atoms with Gasteiger partial charge in [-0.3, -0.25) is 4.79 Å². The van der Waals surface area contributed by atoms with Gasteiger partial charge < -0.3 is 4.74 Å². The molecule has 0 aromatic heterocycles. The molecule has 130 valence electrons. The summed E-state index contributed by atoms with van der Waals surface area (Å²) in [4.78, 5) is 11.9. The maximum absolute atomic E-state index is 11.9. The lowest BCUT2D eigenvalue weighted by Crippen LogP contribution is -2.39. The van der Waals surface area contributed by atoms with Crippen molar-refractivity contribution in [1.82, 2.24) is 0 Å². The Kier molecular flexibility index (Phi) is 5.65. The van der Waals surface area contributed by atoms with Crippen LogP contribution >= 0.6 is 7.26 Å². The first-order chi connectivity index (χ1) is 12.7. The molecule has 0 saturated carbocycles. The van der Waals surface area contributed by atoms with E-state index >= 15 is 0 Å². The van der Waals surface area contributed by atoms with Crippen LogP contribution < -0.4 is 15.9 Å². The predicted molar refractivity (Wildman–Crippen MR) is 111 cm³/mol. The first-order valence-corrected chi connectivity index (χ1v) is 10.4. The minimum atomic E-state index is -2.28. The minimum Gasteiger partial charge on any atom is -0.423 e. The van der Waals surface area contributed by atoms with E-state index in [1.807, 2.05) is 54.6 Å². The number of benzene rings is 3. The van der Waals surface area contributed by atoms with E-state index in [0.717, 1.165) is 15.9 Å². The average molecular weight is 361 g/mol. The molecule has 0 aliphatic rings. The lowest BCUT2D eigenvalue weighted by molar-refractivity contribution is -0.141. The van der Waals surface area contributed by atoms with Crippen molar-refractivity contribution < 1.29 is 9.53 Å². The summed E-state index contributed by atoms with van der Waals surface area (Å²) in [7, 11) is -2.28. The van der Waals surface area contributed by atoms with Crippen molar-refractivity contribution in [1.29, 1.82) is 0 Å². The van der Waals surface area contributed by atoms with E-state index in [0.29, 0.717) is 0 Å². The molecule has 3 aromatic carbocycles. The van der Waals surface area contributed by atoms with Crippen LogP contribution in [0.5, 0.6) is 0 Å². The molecule has 0 saturated heterocycles. The van der Waals surface area contributed by atoms with E-state index in [2.05, 4.69) is 43.0 Å². The highest BCUT2D eigenvalue weighted by Crippen LogP contribution is 2.60. The third-order valence-electron chi connectivity index (χ3n) is 4.36. The highest BCUT2D eigenvalue weighted by Gasteiger charge is 2.53. The molecule has 0 N–H and O–H groups in total. The van der Waals surface area contributed by atoms with E-state index in [1.165, 1.54) is 6.92 Å². The first-order valence-electron chi connectivity index (χ1n) is 8.55. The highest BCUT2D eigenvalue weighted by molar-refractivity contribution is 7.96. The van der Waals surface area contributed by atoms with Gasteiger partial charge in [-0.15, -0.1) is 0 Å². The van der Waals surface area contributed by atoms with Crippen molar-refractivity contribution in [3.05, 3.63) is 104 Å². The normalized spacial score (nSPS) is 12.2.